The molecule has 0 fully saturated rings. The number of thiophene rings is 1. The Labute approximate surface area is 226 Å². The Morgan fingerprint density at radius 2 is 1.87 bits per heavy atom. The second-order valence-corrected chi connectivity index (χ2v) is 11.6. The number of anilines is 1. The summed E-state index contributed by atoms with van der Waals surface area (Å²) in [6.45, 7) is 1.93. The number of aryl methyl sites for hydroxylation is 1. The second kappa shape index (κ2) is 9.40. The van der Waals surface area contributed by atoms with Gasteiger partial charge in [0.15, 0.2) is 0 Å². The van der Waals surface area contributed by atoms with Gasteiger partial charge in [-0.05, 0) is 60.5 Å². The molecule has 1 amide bonds. The van der Waals surface area contributed by atoms with Gasteiger partial charge >= 0.3 is 0 Å². The van der Waals surface area contributed by atoms with Crippen LogP contribution >= 0.6 is 11.3 Å². The number of nitrogens with one attached hydrogen (secondary N) is 2. The average molecular weight is 562 g/mol. The van der Waals surface area contributed by atoms with Crippen LogP contribution in [0.5, 0.6) is 5.88 Å². The quantitative estimate of drug-likeness (QED) is 0.298. The molecule has 0 atom stereocenters. The van der Waals surface area contributed by atoms with Crippen molar-refractivity contribution >= 4 is 43.2 Å². The van der Waals surface area contributed by atoms with Gasteiger partial charge in [-0.2, -0.15) is 0 Å². The molecular formula is C27H20FN5O4S2. The SMILES string of the molecule is COc1ncc2cc1NS(=O)(=O)c1cccc(c1)C(=O)NCc1cc(F)cc(c1)-c1ncnc3c(C)c-2sc13. The number of hydrogen-bond acceptors (Lipinski definition) is 8. The van der Waals surface area contributed by atoms with Gasteiger partial charge in [0, 0.05) is 34.3 Å². The van der Waals surface area contributed by atoms with Crippen molar-refractivity contribution < 1.29 is 22.3 Å². The zero-order valence-corrected chi connectivity index (χ0v) is 22.3. The Morgan fingerprint density at radius 3 is 2.69 bits per heavy atom. The van der Waals surface area contributed by atoms with Crippen LogP contribution in [0.2, 0.25) is 0 Å². The molecule has 2 aromatic carbocycles. The van der Waals surface area contributed by atoms with Crippen LogP contribution in [0.25, 0.3) is 31.9 Å². The molecule has 3 aromatic heterocycles. The summed E-state index contributed by atoms with van der Waals surface area (Å²) in [6, 6.07) is 11.8. The molecule has 5 aromatic rings. The number of pyridine rings is 1. The third kappa shape index (κ3) is 4.47. The normalized spacial score (nSPS) is 14.3. The lowest BCUT2D eigenvalue weighted by molar-refractivity contribution is 0.0950. The van der Waals surface area contributed by atoms with Crippen molar-refractivity contribution in [1.82, 2.24) is 20.3 Å². The number of fused-ring (bicyclic) bond motifs is 9. The van der Waals surface area contributed by atoms with Crippen molar-refractivity contribution in [3.8, 4) is 27.6 Å². The van der Waals surface area contributed by atoms with Crippen LogP contribution in [0.4, 0.5) is 10.1 Å². The van der Waals surface area contributed by atoms with E-state index in [1.54, 1.807) is 18.3 Å². The summed E-state index contributed by atoms with van der Waals surface area (Å²) >= 11 is 1.39. The van der Waals surface area contributed by atoms with E-state index in [1.807, 2.05) is 6.92 Å². The number of sulfonamides is 1. The lowest BCUT2D eigenvalue weighted by Gasteiger charge is -2.13. The van der Waals surface area contributed by atoms with Crippen LogP contribution in [-0.4, -0.2) is 36.4 Å². The third-order valence-corrected chi connectivity index (χ3v) is 9.05. The van der Waals surface area contributed by atoms with Crippen molar-refractivity contribution in [2.45, 2.75) is 18.4 Å². The monoisotopic (exact) mass is 561 g/mol. The first-order valence-electron chi connectivity index (χ1n) is 11.7. The van der Waals surface area contributed by atoms with Gasteiger partial charge in [0.05, 0.1) is 27.9 Å². The van der Waals surface area contributed by atoms with Crippen LogP contribution < -0.4 is 14.8 Å². The summed E-state index contributed by atoms with van der Waals surface area (Å²) in [5.74, 6) is -0.907. The first-order valence-corrected chi connectivity index (χ1v) is 14.0. The molecule has 1 aliphatic rings. The van der Waals surface area contributed by atoms with Gasteiger partial charge in [-0.25, -0.2) is 27.8 Å². The number of rotatable bonds is 1. The Bertz CT molecular complexity index is 1910. The molecule has 0 aliphatic carbocycles. The van der Waals surface area contributed by atoms with Crippen molar-refractivity contribution in [2.75, 3.05) is 11.8 Å². The van der Waals surface area contributed by atoms with Crippen molar-refractivity contribution in [3.05, 3.63) is 83.6 Å². The highest BCUT2D eigenvalue weighted by atomic mass is 32.2. The molecule has 8 bridgehead atoms. The second-order valence-electron chi connectivity index (χ2n) is 8.90. The predicted octanol–water partition coefficient (Wildman–Crippen LogP) is 4.92. The lowest BCUT2D eigenvalue weighted by atomic mass is 10.1. The Kier molecular flexibility index (Phi) is 6.00. The maximum absolute atomic E-state index is 14.7. The smallest absolute Gasteiger partial charge is 0.262 e. The summed E-state index contributed by atoms with van der Waals surface area (Å²) in [5.41, 5.74) is 4.03. The van der Waals surface area contributed by atoms with Crippen LogP contribution in [0.1, 0.15) is 21.5 Å². The maximum atomic E-state index is 14.7. The topological polar surface area (TPSA) is 123 Å². The summed E-state index contributed by atoms with van der Waals surface area (Å²) < 4.78 is 50.0. The summed E-state index contributed by atoms with van der Waals surface area (Å²) in [7, 11) is -2.73. The van der Waals surface area contributed by atoms with E-state index in [0.717, 1.165) is 15.1 Å². The fourth-order valence-corrected chi connectivity index (χ4v) is 6.85. The molecular weight excluding hydrogens is 541 g/mol. The third-order valence-electron chi connectivity index (χ3n) is 6.35. The van der Waals surface area contributed by atoms with E-state index >= 15 is 0 Å². The van der Waals surface area contributed by atoms with Crippen molar-refractivity contribution in [1.29, 1.82) is 0 Å². The standard InChI is InChI=1S/C27H20FN5O4S2/c1-14-22-25-23(32-13-31-22)17-6-15(7-19(28)8-17)11-29-26(34)16-4-3-5-20(9-16)39(35,36)33-21-10-18(24(14)38-25)12-30-27(21)37-2/h3-10,12-13,33H,11H2,1-2H3,(H,29,34). The highest BCUT2D eigenvalue weighted by molar-refractivity contribution is 7.92. The van der Waals surface area contributed by atoms with Gasteiger partial charge in [-0.1, -0.05) is 6.07 Å². The van der Waals surface area contributed by atoms with Gasteiger partial charge < -0.3 is 10.1 Å². The molecule has 9 nitrogen and oxygen atoms in total. The summed E-state index contributed by atoms with van der Waals surface area (Å²) in [4.78, 5) is 26.8. The highest BCUT2D eigenvalue weighted by Crippen LogP contribution is 2.42. The summed E-state index contributed by atoms with van der Waals surface area (Å²) in [5, 5.41) is 2.74. The van der Waals surface area contributed by atoms with E-state index in [2.05, 4.69) is 25.0 Å². The zero-order valence-electron chi connectivity index (χ0n) is 20.6. The van der Waals surface area contributed by atoms with Crippen LogP contribution in [0, 0.1) is 12.7 Å². The zero-order chi connectivity index (χ0) is 27.3. The number of hydrogen-bond donors (Lipinski definition) is 2. The van der Waals surface area contributed by atoms with E-state index in [1.165, 1.54) is 61.2 Å². The largest absolute Gasteiger partial charge is 0.480 e. The van der Waals surface area contributed by atoms with E-state index in [0.29, 0.717) is 27.9 Å². The van der Waals surface area contributed by atoms with Crippen LogP contribution in [0.3, 0.4) is 0 Å². The number of amides is 1. The number of methoxy groups -OCH3 is 1. The number of carbonyl (C=O) groups excluding carboxylic acids is 1. The van der Waals surface area contributed by atoms with E-state index < -0.39 is 21.7 Å². The predicted molar refractivity (Wildman–Crippen MR) is 146 cm³/mol. The first-order chi connectivity index (χ1) is 18.7. The number of aromatic nitrogens is 3. The molecule has 0 unspecified atom stereocenters. The molecule has 12 heteroatoms. The average Bonchev–Trinajstić information content (AvgIpc) is 3.27. The molecule has 0 radical (unpaired) electrons. The van der Waals surface area contributed by atoms with Gasteiger partial charge in [0.2, 0.25) is 5.88 Å². The van der Waals surface area contributed by atoms with Crippen molar-refractivity contribution in [2.24, 2.45) is 0 Å². The molecule has 4 heterocycles. The minimum Gasteiger partial charge on any atom is -0.480 e. The molecule has 0 spiro atoms. The molecule has 1 aliphatic heterocycles. The number of ether oxygens (including phenoxy) is 1. The molecule has 0 saturated heterocycles. The van der Waals surface area contributed by atoms with Gasteiger partial charge in [0.25, 0.3) is 15.9 Å². The molecule has 0 saturated carbocycles. The van der Waals surface area contributed by atoms with Crippen LogP contribution in [-0.2, 0) is 16.6 Å². The fourth-order valence-electron chi connectivity index (χ4n) is 4.50. The Morgan fingerprint density at radius 1 is 1.03 bits per heavy atom. The number of benzene rings is 2. The van der Waals surface area contributed by atoms with E-state index in [9.17, 15) is 17.6 Å². The number of nitrogens with zero attached hydrogens (tertiary/aromatic N) is 3. The highest BCUT2D eigenvalue weighted by Gasteiger charge is 2.22. The van der Waals surface area contributed by atoms with Gasteiger partial charge in [-0.3, -0.25) is 9.52 Å². The van der Waals surface area contributed by atoms with E-state index in [4.69, 9.17) is 4.74 Å². The first kappa shape index (κ1) is 24.9. The number of carbonyl (C=O) groups is 1. The minimum atomic E-state index is -4.12. The van der Waals surface area contributed by atoms with Gasteiger partial charge in [-0.15, -0.1) is 11.3 Å². The fraction of sp³-hybridized carbons (Fsp3) is 0.111. The Hall–Kier alpha value is -4.42. The molecule has 196 valence electrons. The summed E-state index contributed by atoms with van der Waals surface area (Å²) in [6.07, 6.45) is 3.01. The number of halogens is 1. The lowest BCUT2D eigenvalue weighted by Crippen LogP contribution is -2.23. The minimum absolute atomic E-state index is 0.0230. The Balaban J connectivity index is 1.62. The molecule has 6 rings (SSSR count). The van der Waals surface area contributed by atoms with E-state index in [-0.39, 0.29) is 28.6 Å². The van der Waals surface area contributed by atoms with Gasteiger partial charge in [0.1, 0.15) is 17.8 Å². The molecule has 2 N–H and O–H groups in total. The van der Waals surface area contributed by atoms with Crippen molar-refractivity contribution in [3.63, 3.8) is 0 Å². The van der Waals surface area contributed by atoms with Crippen LogP contribution in [0.15, 0.2) is 66.0 Å². The molecule has 39 heavy (non-hydrogen) atoms. The maximum Gasteiger partial charge on any atom is 0.262 e.